The highest BCUT2D eigenvalue weighted by Gasteiger charge is 2.15. The summed E-state index contributed by atoms with van der Waals surface area (Å²) in [5, 5.41) is 4.05. The van der Waals surface area contributed by atoms with E-state index in [-0.39, 0.29) is 0 Å². The molecule has 0 spiro atoms. The van der Waals surface area contributed by atoms with Crippen molar-refractivity contribution in [1.29, 1.82) is 0 Å². The number of aromatic nitrogens is 4. The fourth-order valence-corrected chi connectivity index (χ4v) is 3.96. The first-order chi connectivity index (χ1) is 11.5. The summed E-state index contributed by atoms with van der Waals surface area (Å²) in [5.74, 6) is 1.78. The van der Waals surface area contributed by atoms with Crippen LogP contribution in [0.5, 0.6) is 0 Å². The normalized spacial score (nSPS) is 11.5. The second-order valence-corrected chi connectivity index (χ2v) is 7.40. The molecule has 0 fully saturated rings. The Balaban J connectivity index is 1.85. The highest BCUT2D eigenvalue weighted by molar-refractivity contribution is 7.11. The van der Waals surface area contributed by atoms with Gasteiger partial charge in [-0.05, 0) is 45.9 Å². The lowest BCUT2D eigenvalue weighted by atomic mass is 10.1. The van der Waals surface area contributed by atoms with Crippen molar-refractivity contribution in [2.75, 3.05) is 0 Å². The van der Waals surface area contributed by atoms with Crippen LogP contribution in [0.4, 0.5) is 0 Å². The summed E-state index contributed by atoms with van der Waals surface area (Å²) in [6.07, 6.45) is 1.85. The maximum absolute atomic E-state index is 5.30. The van der Waals surface area contributed by atoms with Crippen molar-refractivity contribution in [3.8, 4) is 11.1 Å². The molecule has 0 amide bonds. The summed E-state index contributed by atoms with van der Waals surface area (Å²) in [4.78, 5) is 11.8. The van der Waals surface area contributed by atoms with E-state index in [0.717, 1.165) is 46.1 Å². The number of nitrogens with zero attached hydrogens (tertiary/aromatic N) is 4. The predicted molar refractivity (Wildman–Crippen MR) is 95.4 cm³/mol. The molecule has 0 bridgehead atoms. The molecule has 0 aliphatic rings. The van der Waals surface area contributed by atoms with Gasteiger partial charge in [0.25, 0.3) is 0 Å². The minimum atomic E-state index is 0.774. The first-order valence-corrected chi connectivity index (χ1v) is 8.66. The van der Waals surface area contributed by atoms with Gasteiger partial charge in [0.15, 0.2) is 5.65 Å². The van der Waals surface area contributed by atoms with Gasteiger partial charge in [0.2, 0.25) is 0 Å². The Morgan fingerprint density at radius 3 is 2.67 bits per heavy atom. The SMILES string of the molecule is Cc1ccc(Cn2c(C)nc3ncc(-c4c(C)noc4C)cc32)s1. The molecule has 5 nitrogen and oxygen atoms in total. The van der Waals surface area contributed by atoms with Gasteiger partial charge in [0.1, 0.15) is 11.6 Å². The zero-order valence-electron chi connectivity index (χ0n) is 14.1. The lowest BCUT2D eigenvalue weighted by molar-refractivity contribution is 0.393. The van der Waals surface area contributed by atoms with Crippen molar-refractivity contribution in [3.63, 3.8) is 0 Å². The van der Waals surface area contributed by atoms with Gasteiger partial charge in [-0.25, -0.2) is 9.97 Å². The van der Waals surface area contributed by atoms with Gasteiger partial charge in [-0.1, -0.05) is 5.16 Å². The van der Waals surface area contributed by atoms with Crippen molar-refractivity contribution < 1.29 is 4.52 Å². The Morgan fingerprint density at radius 1 is 1.17 bits per heavy atom. The first-order valence-electron chi connectivity index (χ1n) is 7.84. The zero-order chi connectivity index (χ0) is 16.8. The fraction of sp³-hybridized carbons (Fsp3) is 0.278. The molecule has 122 valence electrons. The van der Waals surface area contributed by atoms with Crippen LogP contribution in [0.25, 0.3) is 22.3 Å². The van der Waals surface area contributed by atoms with Gasteiger partial charge in [-0.2, -0.15) is 0 Å². The molecular weight excluding hydrogens is 320 g/mol. The molecule has 0 radical (unpaired) electrons. The molecule has 4 aromatic rings. The summed E-state index contributed by atoms with van der Waals surface area (Å²) >= 11 is 1.82. The smallest absolute Gasteiger partial charge is 0.177 e. The monoisotopic (exact) mass is 338 g/mol. The third-order valence-corrected chi connectivity index (χ3v) is 5.21. The van der Waals surface area contributed by atoms with Crippen molar-refractivity contribution in [1.82, 2.24) is 19.7 Å². The Bertz CT molecular complexity index is 1020. The molecular formula is C18H18N4OS. The lowest BCUT2D eigenvalue weighted by Crippen LogP contribution is -2.00. The molecule has 0 aliphatic heterocycles. The number of aryl methyl sites for hydroxylation is 4. The van der Waals surface area contributed by atoms with E-state index in [9.17, 15) is 0 Å². The van der Waals surface area contributed by atoms with Crippen molar-refractivity contribution >= 4 is 22.5 Å². The number of pyridine rings is 1. The summed E-state index contributed by atoms with van der Waals surface area (Å²) in [6, 6.07) is 6.47. The minimum absolute atomic E-state index is 0.774. The molecule has 0 saturated carbocycles. The lowest BCUT2D eigenvalue weighted by Gasteiger charge is -2.06. The van der Waals surface area contributed by atoms with E-state index >= 15 is 0 Å². The quantitative estimate of drug-likeness (QED) is 0.554. The average Bonchev–Trinajstić information content (AvgIpc) is 3.19. The Kier molecular flexibility index (Phi) is 3.49. The van der Waals surface area contributed by atoms with E-state index in [1.54, 1.807) is 0 Å². The average molecular weight is 338 g/mol. The standard InChI is InChI=1S/C18H18N4OS/c1-10-5-6-15(24-10)9-22-13(4)20-18-16(22)7-14(8-19-18)17-11(2)21-23-12(17)3/h5-8H,9H2,1-4H3. The molecule has 4 heterocycles. The van der Waals surface area contributed by atoms with E-state index in [1.807, 2.05) is 38.3 Å². The molecule has 4 aromatic heterocycles. The molecule has 0 N–H and O–H groups in total. The third-order valence-electron chi connectivity index (χ3n) is 4.23. The second-order valence-electron chi connectivity index (χ2n) is 6.02. The second kappa shape index (κ2) is 5.56. The molecule has 4 rings (SSSR count). The summed E-state index contributed by atoms with van der Waals surface area (Å²) < 4.78 is 7.51. The highest BCUT2D eigenvalue weighted by atomic mass is 32.1. The number of hydrogen-bond donors (Lipinski definition) is 0. The van der Waals surface area contributed by atoms with Crippen molar-refractivity contribution in [3.05, 3.63) is 51.4 Å². The highest BCUT2D eigenvalue weighted by Crippen LogP contribution is 2.29. The van der Waals surface area contributed by atoms with Gasteiger partial charge in [0, 0.05) is 27.1 Å². The Morgan fingerprint density at radius 2 is 2.00 bits per heavy atom. The topological polar surface area (TPSA) is 56.7 Å². The largest absolute Gasteiger partial charge is 0.361 e. The third kappa shape index (κ3) is 2.43. The molecule has 0 aliphatic carbocycles. The van der Waals surface area contributed by atoms with Gasteiger partial charge < -0.3 is 9.09 Å². The van der Waals surface area contributed by atoms with Crippen molar-refractivity contribution in [2.45, 2.75) is 34.2 Å². The van der Waals surface area contributed by atoms with Gasteiger partial charge in [-0.15, -0.1) is 11.3 Å². The number of thiophene rings is 1. The Hall–Kier alpha value is -2.47. The number of imidazole rings is 1. The van der Waals surface area contributed by atoms with E-state index in [4.69, 9.17) is 4.52 Å². The molecule has 24 heavy (non-hydrogen) atoms. The molecule has 6 heteroatoms. The van der Waals surface area contributed by atoms with Crippen LogP contribution in [0.3, 0.4) is 0 Å². The van der Waals surface area contributed by atoms with E-state index in [1.165, 1.54) is 9.75 Å². The van der Waals surface area contributed by atoms with Crippen LogP contribution in [-0.4, -0.2) is 19.7 Å². The maximum atomic E-state index is 5.30. The first kappa shape index (κ1) is 15.1. The van der Waals surface area contributed by atoms with Crippen LogP contribution in [0.2, 0.25) is 0 Å². The zero-order valence-corrected chi connectivity index (χ0v) is 14.9. The summed E-state index contributed by atoms with van der Waals surface area (Å²) in [5.41, 5.74) is 4.72. The maximum Gasteiger partial charge on any atom is 0.177 e. The molecule has 0 aromatic carbocycles. The van der Waals surface area contributed by atoms with Crippen LogP contribution in [0.15, 0.2) is 28.9 Å². The van der Waals surface area contributed by atoms with E-state index < -0.39 is 0 Å². The van der Waals surface area contributed by atoms with E-state index in [2.05, 4.69) is 44.8 Å². The van der Waals surface area contributed by atoms with Gasteiger partial charge in [-0.3, -0.25) is 0 Å². The summed E-state index contributed by atoms with van der Waals surface area (Å²) in [7, 11) is 0. The van der Waals surface area contributed by atoms with Gasteiger partial charge in [0.05, 0.1) is 17.8 Å². The molecule has 0 atom stereocenters. The van der Waals surface area contributed by atoms with Crippen LogP contribution < -0.4 is 0 Å². The van der Waals surface area contributed by atoms with Crippen LogP contribution in [0, 0.1) is 27.7 Å². The Labute approximate surface area is 144 Å². The van der Waals surface area contributed by atoms with Gasteiger partial charge >= 0.3 is 0 Å². The van der Waals surface area contributed by atoms with E-state index in [0.29, 0.717) is 0 Å². The van der Waals surface area contributed by atoms with Crippen LogP contribution in [-0.2, 0) is 6.54 Å². The summed E-state index contributed by atoms with van der Waals surface area (Å²) in [6.45, 7) is 8.85. The minimum Gasteiger partial charge on any atom is -0.361 e. The van der Waals surface area contributed by atoms with Crippen LogP contribution in [0.1, 0.15) is 27.0 Å². The number of rotatable bonds is 3. The van der Waals surface area contributed by atoms with Crippen molar-refractivity contribution in [2.24, 2.45) is 0 Å². The fourth-order valence-electron chi connectivity index (χ4n) is 3.08. The predicted octanol–water partition coefficient (Wildman–Crippen LogP) is 4.43. The number of fused-ring (bicyclic) bond motifs is 1. The molecule has 0 unspecified atom stereocenters. The molecule has 0 saturated heterocycles. The number of hydrogen-bond acceptors (Lipinski definition) is 5. The van der Waals surface area contributed by atoms with Crippen LogP contribution >= 0.6 is 11.3 Å².